The Hall–Kier alpha value is -2.10. The summed E-state index contributed by atoms with van der Waals surface area (Å²) in [4.78, 5) is 0. The van der Waals surface area contributed by atoms with Crippen LogP contribution in [0.25, 0.3) is 22.6 Å². The lowest BCUT2D eigenvalue weighted by atomic mass is 10.2. The van der Waals surface area contributed by atoms with Gasteiger partial charge in [0.15, 0.2) is 11.6 Å². The van der Waals surface area contributed by atoms with E-state index in [-0.39, 0.29) is 0 Å². The predicted octanol–water partition coefficient (Wildman–Crippen LogP) is 2.54. The first kappa shape index (κ1) is 9.15. The molecule has 0 spiro atoms. The lowest BCUT2D eigenvalue weighted by Gasteiger charge is -1.96. The third kappa shape index (κ3) is 1.23. The number of rotatable bonds is 1. The zero-order valence-electron chi connectivity index (χ0n) is 9.14. The van der Waals surface area contributed by atoms with E-state index in [0.717, 1.165) is 28.4 Å². The molecule has 1 aromatic carbocycles. The summed E-state index contributed by atoms with van der Waals surface area (Å²) >= 11 is 0. The molecule has 3 aromatic rings. The van der Waals surface area contributed by atoms with Crippen molar-refractivity contribution in [3.8, 4) is 11.6 Å². The number of fused-ring (bicyclic) bond motifs is 1. The first-order valence-electron chi connectivity index (χ1n) is 5.10. The van der Waals surface area contributed by atoms with Crippen LogP contribution in [0.2, 0.25) is 0 Å². The highest BCUT2D eigenvalue weighted by Gasteiger charge is 2.12. The van der Waals surface area contributed by atoms with Gasteiger partial charge in [-0.3, -0.25) is 0 Å². The third-order valence-electron chi connectivity index (χ3n) is 2.74. The minimum Gasteiger partial charge on any atom is -0.453 e. The van der Waals surface area contributed by atoms with Crippen LogP contribution in [0, 0.1) is 6.92 Å². The lowest BCUT2D eigenvalue weighted by Crippen LogP contribution is -1.93. The van der Waals surface area contributed by atoms with E-state index < -0.39 is 0 Å². The van der Waals surface area contributed by atoms with Crippen molar-refractivity contribution < 1.29 is 4.42 Å². The van der Waals surface area contributed by atoms with Crippen molar-refractivity contribution in [3.05, 3.63) is 36.2 Å². The highest BCUT2D eigenvalue weighted by molar-refractivity contribution is 5.81. The number of furan rings is 1. The summed E-state index contributed by atoms with van der Waals surface area (Å²) in [6.45, 7) is 1.92. The van der Waals surface area contributed by atoms with Crippen molar-refractivity contribution >= 4 is 11.0 Å². The van der Waals surface area contributed by atoms with Crippen LogP contribution in [-0.4, -0.2) is 14.8 Å². The molecule has 0 aliphatic rings. The lowest BCUT2D eigenvalue weighted by molar-refractivity contribution is 0.619. The van der Waals surface area contributed by atoms with Crippen LogP contribution in [0.15, 0.2) is 34.7 Å². The van der Waals surface area contributed by atoms with E-state index in [1.807, 2.05) is 48.9 Å². The van der Waals surface area contributed by atoms with Gasteiger partial charge in [-0.15, -0.1) is 10.2 Å². The molecule has 0 bridgehead atoms. The Labute approximate surface area is 92.5 Å². The van der Waals surface area contributed by atoms with E-state index >= 15 is 0 Å². The fourth-order valence-corrected chi connectivity index (χ4v) is 1.71. The number of hydrogen-bond acceptors (Lipinski definition) is 3. The van der Waals surface area contributed by atoms with Gasteiger partial charge in [-0.25, -0.2) is 0 Å². The van der Waals surface area contributed by atoms with Gasteiger partial charge in [0, 0.05) is 12.4 Å². The number of para-hydroxylation sites is 1. The van der Waals surface area contributed by atoms with E-state index in [1.54, 1.807) is 0 Å². The van der Waals surface area contributed by atoms with Crippen LogP contribution in [0.3, 0.4) is 0 Å². The monoisotopic (exact) mass is 213 g/mol. The summed E-state index contributed by atoms with van der Waals surface area (Å²) in [6, 6.07) is 9.90. The van der Waals surface area contributed by atoms with Gasteiger partial charge in [-0.05, 0) is 19.1 Å². The maximum atomic E-state index is 5.72. The zero-order chi connectivity index (χ0) is 11.1. The maximum absolute atomic E-state index is 5.72. The maximum Gasteiger partial charge on any atom is 0.199 e. The van der Waals surface area contributed by atoms with Crippen LogP contribution in [0.1, 0.15) is 5.82 Å². The molecule has 3 rings (SSSR count). The van der Waals surface area contributed by atoms with Crippen molar-refractivity contribution in [2.24, 2.45) is 7.05 Å². The van der Waals surface area contributed by atoms with Crippen molar-refractivity contribution in [1.82, 2.24) is 14.8 Å². The predicted molar refractivity (Wildman–Crippen MR) is 60.9 cm³/mol. The number of aryl methyl sites for hydroxylation is 1. The normalized spacial score (nSPS) is 11.1. The van der Waals surface area contributed by atoms with E-state index in [2.05, 4.69) is 10.2 Å². The summed E-state index contributed by atoms with van der Waals surface area (Å²) in [7, 11) is 1.93. The standard InChI is InChI=1S/C12H11N3O/c1-8-13-14-12(15(8)2)11-7-9-5-3-4-6-10(9)16-11/h3-7H,1-2H3. The Bertz CT molecular complexity index is 618. The smallest absolute Gasteiger partial charge is 0.199 e. The molecule has 16 heavy (non-hydrogen) atoms. The number of benzene rings is 1. The fraction of sp³-hybridized carbons (Fsp3) is 0.167. The van der Waals surface area contributed by atoms with E-state index in [0.29, 0.717) is 0 Å². The average Bonchev–Trinajstić information content (AvgIpc) is 2.84. The second-order valence-corrected chi connectivity index (χ2v) is 3.78. The number of aromatic nitrogens is 3. The van der Waals surface area contributed by atoms with Crippen molar-refractivity contribution in [2.45, 2.75) is 6.92 Å². The van der Waals surface area contributed by atoms with Gasteiger partial charge in [-0.2, -0.15) is 0 Å². The van der Waals surface area contributed by atoms with Gasteiger partial charge in [0.25, 0.3) is 0 Å². The van der Waals surface area contributed by atoms with E-state index in [9.17, 15) is 0 Å². The molecule has 2 heterocycles. The van der Waals surface area contributed by atoms with Crippen LogP contribution in [0.5, 0.6) is 0 Å². The van der Waals surface area contributed by atoms with Crippen LogP contribution >= 0.6 is 0 Å². The van der Waals surface area contributed by atoms with Gasteiger partial charge >= 0.3 is 0 Å². The second-order valence-electron chi connectivity index (χ2n) is 3.78. The summed E-state index contributed by atoms with van der Waals surface area (Å²) in [5.74, 6) is 2.38. The van der Waals surface area contributed by atoms with Crippen molar-refractivity contribution in [2.75, 3.05) is 0 Å². The summed E-state index contributed by atoms with van der Waals surface area (Å²) in [6.07, 6.45) is 0. The van der Waals surface area contributed by atoms with Crippen LogP contribution < -0.4 is 0 Å². The first-order chi connectivity index (χ1) is 7.75. The highest BCUT2D eigenvalue weighted by atomic mass is 16.3. The summed E-state index contributed by atoms with van der Waals surface area (Å²) in [5.41, 5.74) is 0.873. The van der Waals surface area contributed by atoms with Gasteiger partial charge in [-0.1, -0.05) is 18.2 Å². The fourth-order valence-electron chi connectivity index (χ4n) is 1.71. The zero-order valence-corrected chi connectivity index (χ0v) is 9.14. The molecule has 80 valence electrons. The van der Waals surface area contributed by atoms with E-state index in [4.69, 9.17) is 4.42 Å². The SMILES string of the molecule is Cc1nnc(-c2cc3ccccc3o2)n1C. The molecule has 0 N–H and O–H groups in total. The Morgan fingerprint density at radius 2 is 2.00 bits per heavy atom. The Kier molecular flexibility index (Phi) is 1.83. The molecule has 0 unspecified atom stereocenters. The quantitative estimate of drug-likeness (QED) is 0.624. The molecule has 0 radical (unpaired) electrons. The number of nitrogens with zero attached hydrogens (tertiary/aromatic N) is 3. The highest BCUT2D eigenvalue weighted by Crippen LogP contribution is 2.26. The molecule has 0 fully saturated rings. The molecule has 0 amide bonds. The van der Waals surface area contributed by atoms with Crippen LogP contribution in [-0.2, 0) is 7.05 Å². The average molecular weight is 213 g/mol. The molecule has 0 aliphatic heterocycles. The third-order valence-corrected chi connectivity index (χ3v) is 2.74. The summed E-state index contributed by atoms with van der Waals surface area (Å²) < 4.78 is 7.64. The molecule has 0 aliphatic carbocycles. The van der Waals surface area contributed by atoms with Gasteiger partial charge in [0.05, 0.1) is 0 Å². The molecule has 4 heteroatoms. The molecular formula is C12H11N3O. The largest absolute Gasteiger partial charge is 0.453 e. The molecule has 2 aromatic heterocycles. The minimum atomic E-state index is 0.754. The molecule has 0 atom stereocenters. The Morgan fingerprint density at radius 1 is 1.19 bits per heavy atom. The Morgan fingerprint density at radius 3 is 2.69 bits per heavy atom. The number of hydrogen-bond donors (Lipinski definition) is 0. The Balaban J connectivity index is 2.23. The minimum absolute atomic E-state index is 0.754. The van der Waals surface area contributed by atoms with Gasteiger partial charge in [0.2, 0.25) is 0 Å². The van der Waals surface area contributed by atoms with Crippen LogP contribution in [0.4, 0.5) is 0 Å². The molecule has 0 saturated carbocycles. The molecular weight excluding hydrogens is 202 g/mol. The topological polar surface area (TPSA) is 43.9 Å². The van der Waals surface area contributed by atoms with Crippen molar-refractivity contribution in [3.63, 3.8) is 0 Å². The molecule has 0 saturated heterocycles. The second kappa shape index (κ2) is 3.20. The van der Waals surface area contributed by atoms with Crippen molar-refractivity contribution in [1.29, 1.82) is 0 Å². The first-order valence-corrected chi connectivity index (χ1v) is 5.10. The van der Waals surface area contributed by atoms with Gasteiger partial charge < -0.3 is 8.98 Å². The summed E-state index contributed by atoms with van der Waals surface area (Å²) in [5, 5.41) is 9.20. The van der Waals surface area contributed by atoms with E-state index in [1.165, 1.54) is 0 Å². The molecule has 4 nitrogen and oxygen atoms in total. The van der Waals surface area contributed by atoms with Gasteiger partial charge in [0.1, 0.15) is 11.4 Å².